The van der Waals surface area contributed by atoms with Crippen molar-refractivity contribution in [2.24, 2.45) is 0 Å². The topological polar surface area (TPSA) is 92.5 Å². The lowest BCUT2D eigenvalue weighted by Crippen LogP contribution is -2.33. The largest absolute Gasteiger partial charge is 0.398 e. The minimum atomic E-state index is -3.88. The van der Waals surface area contributed by atoms with E-state index in [-0.39, 0.29) is 27.4 Å². The van der Waals surface area contributed by atoms with Crippen LogP contribution in [0.4, 0.5) is 5.69 Å². The van der Waals surface area contributed by atoms with Crippen LogP contribution in [-0.2, 0) is 16.4 Å². The van der Waals surface area contributed by atoms with Crippen LogP contribution in [0.15, 0.2) is 76.5 Å². The lowest BCUT2D eigenvalue weighted by molar-refractivity contribution is 0.0951. The molecule has 1 amide bonds. The van der Waals surface area contributed by atoms with Crippen LogP contribution in [0.2, 0.25) is 5.02 Å². The summed E-state index contributed by atoms with van der Waals surface area (Å²) in [7, 11) is -3.88. The Bertz CT molecular complexity index is 1320. The average Bonchev–Trinajstić information content (AvgIpc) is 2.87. The summed E-state index contributed by atoms with van der Waals surface area (Å²) in [6, 6.07) is 18.6. The molecular formula is C27H30ClN3O3S. The molecule has 184 valence electrons. The number of carbonyl (C=O) groups excluding carboxylic acids is 1. The number of anilines is 1. The van der Waals surface area contributed by atoms with Crippen LogP contribution in [0.5, 0.6) is 0 Å². The summed E-state index contributed by atoms with van der Waals surface area (Å²) >= 11 is 5.99. The lowest BCUT2D eigenvalue weighted by atomic mass is 10.0. The maximum Gasteiger partial charge on any atom is 0.251 e. The van der Waals surface area contributed by atoms with Gasteiger partial charge in [-0.05, 0) is 80.4 Å². The van der Waals surface area contributed by atoms with Gasteiger partial charge in [-0.15, -0.1) is 0 Å². The van der Waals surface area contributed by atoms with Crippen LogP contribution in [0, 0.1) is 0 Å². The fraction of sp³-hybridized carbons (Fsp3) is 0.296. The minimum Gasteiger partial charge on any atom is -0.398 e. The molecule has 0 bridgehead atoms. The third-order valence-corrected chi connectivity index (χ3v) is 8.64. The molecule has 4 rings (SSSR count). The SMILES string of the molecule is CC(c1ccccc1S(=O)(=O)c1ccc(C(=O)NCc2cccc(Cl)c2)cc1N)N1CCCCC1. The summed E-state index contributed by atoms with van der Waals surface area (Å²) in [6.07, 6.45) is 3.44. The molecule has 1 atom stereocenters. The number of nitrogens with one attached hydrogen (secondary N) is 1. The third-order valence-electron chi connectivity index (χ3n) is 6.50. The number of halogens is 1. The second-order valence-electron chi connectivity index (χ2n) is 8.88. The molecule has 1 heterocycles. The fourth-order valence-corrected chi connectivity index (χ4v) is 6.43. The van der Waals surface area contributed by atoms with Crippen molar-refractivity contribution in [3.8, 4) is 0 Å². The number of carbonyl (C=O) groups is 1. The summed E-state index contributed by atoms with van der Waals surface area (Å²) in [4.78, 5) is 15.2. The Balaban J connectivity index is 1.57. The van der Waals surface area contributed by atoms with E-state index < -0.39 is 9.84 Å². The number of rotatable bonds is 7. The second kappa shape index (κ2) is 10.8. The first kappa shape index (κ1) is 25.2. The second-order valence-corrected chi connectivity index (χ2v) is 11.2. The maximum atomic E-state index is 13.7. The number of sulfone groups is 1. The maximum absolute atomic E-state index is 13.7. The zero-order valence-electron chi connectivity index (χ0n) is 19.7. The van der Waals surface area contributed by atoms with E-state index in [1.54, 1.807) is 24.3 Å². The molecule has 0 aromatic heterocycles. The molecule has 3 aromatic carbocycles. The van der Waals surface area contributed by atoms with Crippen LogP contribution < -0.4 is 11.1 Å². The van der Waals surface area contributed by atoms with Crippen molar-refractivity contribution in [2.45, 2.75) is 48.6 Å². The number of benzene rings is 3. The highest BCUT2D eigenvalue weighted by molar-refractivity contribution is 7.91. The molecule has 1 aliphatic rings. The van der Waals surface area contributed by atoms with Gasteiger partial charge in [0.25, 0.3) is 5.91 Å². The van der Waals surface area contributed by atoms with Crippen molar-refractivity contribution in [3.05, 3.63) is 88.4 Å². The molecule has 0 spiro atoms. The molecule has 0 radical (unpaired) electrons. The Hall–Kier alpha value is -2.87. The Morgan fingerprint density at radius 3 is 2.46 bits per heavy atom. The Labute approximate surface area is 212 Å². The van der Waals surface area contributed by atoms with Crippen molar-refractivity contribution in [3.63, 3.8) is 0 Å². The number of nitrogen functional groups attached to an aromatic ring is 1. The molecule has 3 N–H and O–H groups in total. The monoisotopic (exact) mass is 511 g/mol. The van der Waals surface area contributed by atoms with Crippen molar-refractivity contribution >= 4 is 33.0 Å². The first-order valence-corrected chi connectivity index (χ1v) is 13.6. The summed E-state index contributed by atoms with van der Waals surface area (Å²) in [5.41, 5.74) is 8.14. The van der Waals surface area contributed by atoms with Crippen molar-refractivity contribution in [2.75, 3.05) is 18.8 Å². The molecular weight excluding hydrogens is 482 g/mol. The molecule has 8 heteroatoms. The molecule has 6 nitrogen and oxygen atoms in total. The van der Waals surface area contributed by atoms with Gasteiger partial charge < -0.3 is 11.1 Å². The highest BCUT2D eigenvalue weighted by Gasteiger charge is 2.28. The molecule has 3 aromatic rings. The number of hydrogen-bond acceptors (Lipinski definition) is 5. The smallest absolute Gasteiger partial charge is 0.251 e. The van der Waals surface area contributed by atoms with E-state index in [4.69, 9.17) is 17.3 Å². The first-order chi connectivity index (χ1) is 16.8. The summed E-state index contributed by atoms with van der Waals surface area (Å²) in [5, 5.41) is 3.40. The van der Waals surface area contributed by atoms with Crippen LogP contribution in [0.25, 0.3) is 0 Å². The van der Waals surface area contributed by atoms with E-state index in [0.717, 1.165) is 37.1 Å². The van der Waals surface area contributed by atoms with E-state index in [1.165, 1.54) is 24.6 Å². The average molecular weight is 512 g/mol. The van der Waals surface area contributed by atoms with Crippen molar-refractivity contribution in [1.29, 1.82) is 0 Å². The lowest BCUT2D eigenvalue weighted by Gasteiger charge is -2.33. The highest BCUT2D eigenvalue weighted by Crippen LogP contribution is 2.34. The predicted molar refractivity (Wildman–Crippen MR) is 139 cm³/mol. The third kappa shape index (κ3) is 5.69. The zero-order chi connectivity index (χ0) is 25.0. The molecule has 0 saturated carbocycles. The number of hydrogen-bond donors (Lipinski definition) is 2. The van der Waals surface area contributed by atoms with Gasteiger partial charge in [0.1, 0.15) is 0 Å². The van der Waals surface area contributed by atoms with E-state index in [2.05, 4.69) is 17.1 Å². The quantitative estimate of drug-likeness (QED) is 0.423. The molecule has 1 aliphatic heterocycles. The number of piperidine rings is 1. The summed E-state index contributed by atoms with van der Waals surface area (Å²) in [5.74, 6) is -0.347. The Morgan fingerprint density at radius 1 is 1.00 bits per heavy atom. The van der Waals surface area contributed by atoms with Gasteiger partial charge in [0, 0.05) is 23.2 Å². The molecule has 35 heavy (non-hydrogen) atoms. The number of nitrogens with two attached hydrogens (primary N) is 1. The van der Waals surface area contributed by atoms with Crippen LogP contribution in [0.3, 0.4) is 0 Å². The summed E-state index contributed by atoms with van der Waals surface area (Å²) in [6.45, 7) is 4.25. The Kier molecular flexibility index (Phi) is 7.79. The van der Waals surface area contributed by atoms with Gasteiger partial charge >= 0.3 is 0 Å². The van der Waals surface area contributed by atoms with Gasteiger partial charge in [-0.3, -0.25) is 9.69 Å². The minimum absolute atomic E-state index is 0.00202. The zero-order valence-corrected chi connectivity index (χ0v) is 21.3. The van der Waals surface area contributed by atoms with Gasteiger partial charge in [-0.25, -0.2) is 8.42 Å². The van der Waals surface area contributed by atoms with Gasteiger partial charge in [0.15, 0.2) is 0 Å². The van der Waals surface area contributed by atoms with Crippen molar-refractivity contribution in [1.82, 2.24) is 10.2 Å². The van der Waals surface area contributed by atoms with Gasteiger partial charge in [0.2, 0.25) is 9.84 Å². The number of nitrogens with zero attached hydrogens (tertiary/aromatic N) is 1. The van der Waals surface area contributed by atoms with E-state index >= 15 is 0 Å². The molecule has 1 unspecified atom stereocenters. The number of likely N-dealkylation sites (tertiary alicyclic amines) is 1. The summed E-state index contributed by atoms with van der Waals surface area (Å²) < 4.78 is 27.3. The normalized spacial score (nSPS) is 15.5. The fourth-order valence-electron chi connectivity index (χ4n) is 4.56. The molecule has 1 fully saturated rings. The molecule has 1 saturated heterocycles. The van der Waals surface area contributed by atoms with E-state index in [9.17, 15) is 13.2 Å². The predicted octanol–water partition coefficient (Wildman–Crippen LogP) is 5.23. The standard InChI is InChI=1S/C27H30ClN3O3S/c1-19(31-14-5-2-6-15-31)23-10-3-4-11-25(23)35(33,34)26-13-12-21(17-24(26)29)27(32)30-18-20-8-7-9-22(28)16-20/h3-4,7-13,16-17,19H,2,5-6,14-15,18,29H2,1H3,(H,30,32). The van der Waals surface area contributed by atoms with Crippen LogP contribution >= 0.6 is 11.6 Å². The van der Waals surface area contributed by atoms with Gasteiger partial charge in [0.05, 0.1) is 15.5 Å². The van der Waals surface area contributed by atoms with Gasteiger partial charge in [-0.1, -0.05) is 48.4 Å². The van der Waals surface area contributed by atoms with Gasteiger partial charge in [-0.2, -0.15) is 0 Å². The molecule has 0 aliphatic carbocycles. The van der Waals surface area contributed by atoms with Crippen LogP contribution in [0.1, 0.15) is 53.7 Å². The van der Waals surface area contributed by atoms with E-state index in [1.807, 2.05) is 24.3 Å². The first-order valence-electron chi connectivity index (χ1n) is 11.8. The number of amides is 1. The highest BCUT2D eigenvalue weighted by atomic mass is 35.5. The Morgan fingerprint density at radius 2 is 1.74 bits per heavy atom. The van der Waals surface area contributed by atoms with Crippen molar-refractivity contribution < 1.29 is 13.2 Å². The van der Waals surface area contributed by atoms with Crippen LogP contribution in [-0.4, -0.2) is 32.3 Å². The van der Waals surface area contributed by atoms with E-state index in [0.29, 0.717) is 17.1 Å².